The number of aliphatic hydroxyl groups is 1. The predicted octanol–water partition coefficient (Wildman–Crippen LogP) is 1.65. The van der Waals surface area contributed by atoms with Gasteiger partial charge in [0.05, 0.1) is 17.7 Å². The number of hydrogen-bond donors (Lipinski definition) is 2. The summed E-state index contributed by atoms with van der Waals surface area (Å²) < 4.78 is 5.02. The molecule has 0 aliphatic heterocycles. The minimum absolute atomic E-state index is 0.235. The molecule has 1 aromatic rings. The first kappa shape index (κ1) is 14.5. The van der Waals surface area contributed by atoms with E-state index < -0.39 is 12.1 Å². The molecule has 1 aliphatic rings. The molecule has 20 heavy (non-hydrogen) atoms. The van der Waals surface area contributed by atoms with Gasteiger partial charge in [-0.15, -0.1) is 0 Å². The van der Waals surface area contributed by atoms with Crippen LogP contribution in [0.2, 0.25) is 0 Å². The van der Waals surface area contributed by atoms with Gasteiger partial charge in [-0.25, -0.2) is 0 Å². The van der Waals surface area contributed by atoms with E-state index in [4.69, 9.17) is 4.74 Å². The van der Waals surface area contributed by atoms with Crippen LogP contribution in [-0.4, -0.2) is 29.1 Å². The Morgan fingerprint density at radius 2 is 1.95 bits per heavy atom. The van der Waals surface area contributed by atoms with Crippen LogP contribution >= 0.6 is 0 Å². The number of hydrogen-bond acceptors (Lipinski definition) is 4. The van der Waals surface area contributed by atoms with Gasteiger partial charge in [0.2, 0.25) is 0 Å². The van der Waals surface area contributed by atoms with Gasteiger partial charge in [-0.2, -0.15) is 0 Å². The summed E-state index contributed by atoms with van der Waals surface area (Å²) in [6.45, 7) is 1.29. The fraction of sp³-hybridized carbons (Fsp3) is 0.467. The van der Waals surface area contributed by atoms with E-state index in [2.05, 4.69) is 5.32 Å². The van der Waals surface area contributed by atoms with E-state index in [-0.39, 0.29) is 17.7 Å². The lowest BCUT2D eigenvalue weighted by Crippen LogP contribution is -2.45. The van der Waals surface area contributed by atoms with E-state index in [0.29, 0.717) is 12.0 Å². The van der Waals surface area contributed by atoms with Crippen LogP contribution in [0.15, 0.2) is 24.3 Å². The molecule has 5 heteroatoms. The molecule has 2 atom stereocenters. The van der Waals surface area contributed by atoms with E-state index >= 15 is 0 Å². The zero-order valence-corrected chi connectivity index (χ0v) is 11.5. The molecule has 0 bridgehead atoms. The van der Waals surface area contributed by atoms with Crippen LogP contribution in [0.3, 0.4) is 0 Å². The van der Waals surface area contributed by atoms with Crippen LogP contribution in [-0.2, 0) is 4.79 Å². The Bertz CT molecular complexity index is 500. The molecule has 0 aromatic heterocycles. The molecule has 1 amide bonds. The number of aliphatic hydroxyl groups excluding tert-OH is 1. The Hall–Kier alpha value is -1.88. The van der Waals surface area contributed by atoms with Gasteiger partial charge in [0.1, 0.15) is 5.75 Å². The van der Waals surface area contributed by atoms with Crippen LogP contribution in [0.1, 0.15) is 43.0 Å². The first-order chi connectivity index (χ1) is 9.58. The second kappa shape index (κ2) is 6.52. The molecule has 108 valence electrons. The fourth-order valence-electron chi connectivity index (χ4n) is 2.42. The zero-order chi connectivity index (χ0) is 14.5. The maximum Gasteiger partial charge on any atom is 0.308 e. The van der Waals surface area contributed by atoms with Gasteiger partial charge in [-0.05, 0) is 25.0 Å². The molecule has 1 aliphatic carbocycles. The summed E-state index contributed by atoms with van der Waals surface area (Å²) in [5, 5.41) is 12.7. The quantitative estimate of drug-likeness (QED) is 0.650. The van der Waals surface area contributed by atoms with E-state index in [1.165, 1.54) is 6.92 Å². The lowest BCUT2D eigenvalue weighted by atomic mass is 9.92. The molecular formula is C15H19NO4. The SMILES string of the molecule is CC(=O)Oc1ccccc1C(=O)NC1CCCCC1O. The monoisotopic (exact) mass is 277 g/mol. The summed E-state index contributed by atoms with van der Waals surface area (Å²) in [5.41, 5.74) is 0.306. The van der Waals surface area contributed by atoms with Crippen molar-refractivity contribution in [1.82, 2.24) is 5.32 Å². The number of nitrogens with one attached hydrogen (secondary N) is 1. The number of para-hydroxylation sites is 1. The molecule has 2 N–H and O–H groups in total. The van der Waals surface area contributed by atoms with Crippen molar-refractivity contribution >= 4 is 11.9 Å². The Morgan fingerprint density at radius 3 is 2.65 bits per heavy atom. The molecule has 0 radical (unpaired) electrons. The second-order valence-corrected chi connectivity index (χ2v) is 5.02. The molecule has 1 aromatic carbocycles. The van der Waals surface area contributed by atoms with E-state index in [1.807, 2.05) is 0 Å². The van der Waals surface area contributed by atoms with Crippen molar-refractivity contribution in [2.24, 2.45) is 0 Å². The van der Waals surface area contributed by atoms with Crippen molar-refractivity contribution in [2.45, 2.75) is 44.8 Å². The van der Waals surface area contributed by atoms with Gasteiger partial charge >= 0.3 is 5.97 Å². The normalized spacial score (nSPS) is 22.1. The Labute approximate surface area is 117 Å². The first-order valence-corrected chi connectivity index (χ1v) is 6.84. The molecule has 0 heterocycles. The standard InChI is InChI=1S/C15H19NO4/c1-10(17)20-14-9-5-2-6-11(14)15(19)16-12-7-3-4-8-13(12)18/h2,5-6,9,12-13,18H,3-4,7-8H2,1H3,(H,16,19). The maximum atomic E-state index is 12.2. The third-order valence-electron chi connectivity index (χ3n) is 3.43. The van der Waals surface area contributed by atoms with Crippen molar-refractivity contribution in [1.29, 1.82) is 0 Å². The highest BCUT2D eigenvalue weighted by molar-refractivity contribution is 5.97. The third-order valence-corrected chi connectivity index (χ3v) is 3.43. The number of rotatable bonds is 3. The van der Waals surface area contributed by atoms with Crippen LogP contribution in [0, 0.1) is 0 Å². The van der Waals surface area contributed by atoms with E-state index in [9.17, 15) is 14.7 Å². The summed E-state index contributed by atoms with van der Waals surface area (Å²) in [6, 6.07) is 6.35. The highest BCUT2D eigenvalue weighted by Crippen LogP contribution is 2.21. The molecule has 5 nitrogen and oxygen atoms in total. The second-order valence-electron chi connectivity index (χ2n) is 5.02. The van der Waals surface area contributed by atoms with Gasteiger partial charge in [0.25, 0.3) is 5.91 Å². The van der Waals surface area contributed by atoms with Crippen molar-refractivity contribution in [2.75, 3.05) is 0 Å². The topological polar surface area (TPSA) is 75.6 Å². The number of amides is 1. The van der Waals surface area contributed by atoms with Gasteiger partial charge in [-0.3, -0.25) is 9.59 Å². The largest absolute Gasteiger partial charge is 0.426 e. The lowest BCUT2D eigenvalue weighted by Gasteiger charge is -2.28. The van der Waals surface area contributed by atoms with E-state index in [0.717, 1.165) is 19.3 Å². The molecule has 0 saturated heterocycles. The summed E-state index contributed by atoms with van der Waals surface area (Å²) in [5.74, 6) is -0.557. The molecule has 0 spiro atoms. The number of benzene rings is 1. The Morgan fingerprint density at radius 1 is 1.25 bits per heavy atom. The van der Waals surface area contributed by atoms with Crippen molar-refractivity contribution in [3.8, 4) is 5.75 Å². The van der Waals surface area contributed by atoms with Gasteiger partial charge in [0.15, 0.2) is 0 Å². The maximum absolute atomic E-state index is 12.2. The minimum atomic E-state index is -0.506. The molecule has 2 rings (SSSR count). The van der Waals surface area contributed by atoms with Crippen LogP contribution in [0.5, 0.6) is 5.75 Å². The molecular weight excluding hydrogens is 258 g/mol. The average Bonchev–Trinajstić information content (AvgIpc) is 2.41. The lowest BCUT2D eigenvalue weighted by molar-refractivity contribution is -0.131. The van der Waals surface area contributed by atoms with Gasteiger partial charge in [-0.1, -0.05) is 25.0 Å². The fourth-order valence-corrected chi connectivity index (χ4v) is 2.42. The highest BCUT2D eigenvalue weighted by Gasteiger charge is 2.25. The summed E-state index contributed by atoms with van der Waals surface area (Å²) in [4.78, 5) is 23.3. The van der Waals surface area contributed by atoms with E-state index in [1.54, 1.807) is 24.3 Å². The minimum Gasteiger partial charge on any atom is -0.426 e. The highest BCUT2D eigenvalue weighted by atomic mass is 16.5. The number of ether oxygens (including phenoxy) is 1. The van der Waals surface area contributed by atoms with Gasteiger partial charge in [0, 0.05) is 6.92 Å². The average molecular weight is 277 g/mol. The van der Waals surface area contributed by atoms with Crippen LogP contribution < -0.4 is 10.1 Å². The first-order valence-electron chi connectivity index (χ1n) is 6.84. The predicted molar refractivity (Wildman–Crippen MR) is 73.5 cm³/mol. The Balaban J connectivity index is 2.10. The van der Waals surface area contributed by atoms with Crippen LogP contribution in [0.4, 0.5) is 0 Å². The Kier molecular flexibility index (Phi) is 4.74. The van der Waals surface area contributed by atoms with Crippen molar-refractivity contribution < 1.29 is 19.4 Å². The summed E-state index contributed by atoms with van der Waals surface area (Å²) in [7, 11) is 0. The molecule has 1 saturated carbocycles. The number of carbonyl (C=O) groups is 2. The molecule has 1 fully saturated rings. The number of esters is 1. The van der Waals surface area contributed by atoms with Crippen LogP contribution in [0.25, 0.3) is 0 Å². The summed E-state index contributed by atoms with van der Waals surface area (Å²) in [6.07, 6.45) is 2.94. The smallest absolute Gasteiger partial charge is 0.308 e. The third kappa shape index (κ3) is 3.57. The molecule has 2 unspecified atom stereocenters. The van der Waals surface area contributed by atoms with Crippen molar-refractivity contribution in [3.63, 3.8) is 0 Å². The van der Waals surface area contributed by atoms with Gasteiger partial charge < -0.3 is 15.2 Å². The zero-order valence-electron chi connectivity index (χ0n) is 11.5. The number of carbonyl (C=O) groups excluding carboxylic acids is 2. The summed E-state index contributed by atoms with van der Waals surface area (Å²) >= 11 is 0. The van der Waals surface area contributed by atoms with Crippen molar-refractivity contribution in [3.05, 3.63) is 29.8 Å².